The summed E-state index contributed by atoms with van der Waals surface area (Å²) in [5.74, 6) is -0.343. The molecule has 6 nitrogen and oxygen atoms in total. The number of benzene rings is 1. The Morgan fingerprint density at radius 1 is 1.29 bits per heavy atom. The second-order valence-corrected chi connectivity index (χ2v) is 7.32. The molecule has 2 atom stereocenters. The van der Waals surface area contributed by atoms with E-state index in [4.69, 9.17) is 0 Å². The molecule has 2 aromatic rings. The lowest BCUT2D eigenvalue weighted by Gasteiger charge is -2.30. The number of nitrogens with zero attached hydrogens (tertiary/aromatic N) is 4. The van der Waals surface area contributed by atoms with Gasteiger partial charge in [0.05, 0.1) is 6.10 Å². The van der Waals surface area contributed by atoms with Crippen molar-refractivity contribution in [2.45, 2.75) is 44.9 Å². The molecule has 3 rings (SSSR count). The van der Waals surface area contributed by atoms with Gasteiger partial charge in [-0.15, -0.1) is 0 Å². The van der Waals surface area contributed by atoms with Crippen molar-refractivity contribution >= 4 is 5.91 Å². The molecule has 0 radical (unpaired) electrons. The van der Waals surface area contributed by atoms with Crippen LogP contribution < -0.4 is 0 Å². The van der Waals surface area contributed by atoms with Gasteiger partial charge in [-0.3, -0.25) is 4.79 Å². The quantitative estimate of drug-likeness (QED) is 0.826. The Balaban J connectivity index is 1.60. The fourth-order valence-corrected chi connectivity index (χ4v) is 3.83. The summed E-state index contributed by atoms with van der Waals surface area (Å²) in [5, 5.41) is 10.4. The van der Waals surface area contributed by atoms with Crippen molar-refractivity contribution in [3.05, 3.63) is 59.9 Å². The number of hydrogen-bond donors (Lipinski definition) is 1. The SMILES string of the molecule is CC(=O)N(Cc1cncnc1)[C@H]1CCCN(C[C@H](O)c2ccccc2F)CC1. The van der Waals surface area contributed by atoms with Crippen molar-refractivity contribution in [3.8, 4) is 0 Å². The highest BCUT2D eigenvalue weighted by Crippen LogP contribution is 2.22. The fourth-order valence-electron chi connectivity index (χ4n) is 3.83. The monoisotopic (exact) mass is 386 g/mol. The van der Waals surface area contributed by atoms with E-state index in [9.17, 15) is 14.3 Å². The van der Waals surface area contributed by atoms with E-state index in [-0.39, 0.29) is 17.8 Å². The van der Waals surface area contributed by atoms with Crippen LogP contribution >= 0.6 is 0 Å². The van der Waals surface area contributed by atoms with E-state index in [1.807, 2.05) is 4.90 Å². The summed E-state index contributed by atoms with van der Waals surface area (Å²) in [6, 6.07) is 6.48. The van der Waals surface area contributed by atoms with Crippen LogP contribution in [0.1, 0.15) is 43.4 Å². The zero-order valence-corrected chi connectivity index (χ0v) is 16.2. The minimum Gasteiger partial charge on any atom is -0.387 e. The molecular formula is C21H27FN4O2. The number of carbonyl (C=O) groups excluding carboxylic acids is 1. The lowest BCUT2D eigenvalue weighted by atomic mass is 10.1. The molecule has 0 unspecified atom stereocenters. The van der Waals surface area contributed by atoms with Gasteiger partial charge in [-0.05, 0) is 31.9 Å². The van der Waals surface area contributed by atoms with E-state index in [0.29, 0.717) is 18.7 Å². The Morgan fingerprint density at radius 3 is 2.75 bits per heavy atom. The number of halogens is 1. The smallest absolute Gasteiger partial charge is 0.219 e. The molecule has 1 amide bonds. The second-order valence-electron chi connectivity index (χ2n) is 7.32. The number of amides is 1. The maximum Gasteiger partial charge on any atom is 0.219 e. The van der Waals surface area contributed by atoms with Gasteiger partial charge < -0.3 is 14.9 Å². The lowest BCUT2D eigenvalue weighted by Crippen LogP contribution is -2.39. The fraction of sp³-hybridized carbons (Fsp3) is 0.476. The van der Waals surface area contributed by atoms with E-state index in [0.717, 1.165) is 37.9 Å². The van der Waals surface area contributed by atoms with E-state index in [2.05, 4.69) is 14.9 Å². The van der Waals surface area contributed by atoms with Gasteiger partial charge in [0.25, 0.3) is 0 Å². The largest absolute Gasteiger partial charge is 0.387 e. The van der Waals surface area contributed by atoms with Gasteiger partial charge in [0.2, 0.25) is 5.91 Å². The molecule has 0 aliphatic carbocycles. The van der Waals surface area contributed by atoms with Gasteiger partial charge in [0, 0.05) is 56.1 Å². The standard InChI is InChI=1S/C21H27FN4O2/c1-16(27)26(13-17-11-23-15-24-12-17)18-5-4-9-25(10-8-18)14-21(28)19-6-2-3-7-20(19)22/h2-3,6-7,11-12,15,18,21,28H,4-5,8-10,13-14H2,1H3/t18-,21-/m0/s1. The Kier molecular flexibility index (Phi) is 7.06. The Labute approximate surface area is 165 Å². The van der Waals surface area contributed by atoms with E-state index >= 15 is 0 Å². The van der Waals surface area contributed by atoms with Gasteiger partial charge in [0.1, 0.15) is 12.1 Å². The van der Waals surface area contributed by atoms with Crippen LogP contribution in [0, 0.1) is 5.82 Å². The number of hydrogen-bond acceptors (Lipinski definition) is 5. The first-order valence-corrected chi connectivity index (χ1v) is 9.70. The third kappa shape index (κ3) is 5.33. The third-order valence-electron chi connectivity index (χ3n) is 5.30. The van der Waals surface area contributed by atoms with E-state index in [1.165, 1.54) is 12.4 Å². The normalized spacial score (nSPS) is 19.0. The van der Waals surface area contributed by atoms with Crippen molar-refractivity contribution < 1.29 is 14.3 Å². The zero-order valence-electron chi connectivity index (χ0n) is 16.2. The van der Waals surface area contributed by atoms with Crippen LogP contribution in [-0.2, 0) is 11.3 Å². The number of aliphatic hydroxyl groups is 1. The minimum atomic E-state index is -0.858. The number of aliphatic hydroxyl groups excluding tert-OH is 1. The Bertz CT molecular complexity index is 774. The van der Waals surface area contributed by atoms with Crippen LogP contribution in [-0.4, -0.2) is 56.5 Å². The van der Waals surface area contributed by atoms with Crippen molar-refractivity contribution in [1.82, 2.24) is 19.8 Å². The number of β-amino-alcohol motifs (C(OH)–C–C–N with tert-alkyl or cyclic N) is 1. The minimum absolute atomic E-state index is 0.0358. The predicted octanol–water partition coefficient (Wildman–Crippen LogP) is 2.55. The number of rotatable bonds is 6. The summed E-state index contributed by atoms with van der Waals surface area (Å²) >= 11 is 0. The average Bonchev–Trinajstić information content (AvgIpc) is 2.92. The van der Waals surface area contributed by atoms with Gasteiger partial charge in [-0.25, -0.2) is 14.4 Å². The molecule has 1 N–H and O–H groups in total. The Hall–Kier alpha value is -2.38. The summed E-state index contributed by atoms with van der Waals surface area (Å²) in [7, 11) is 0. The first kappa shape index (κ1) is 20.4. The molecule has 28 heavy (non-hydrogen) atoms. The van der Waals surface area contributed by atoms with E-state index in [1.54, 1.807) is 37.5 Å². The Morgan fingerprint density at radius 2 is 2.04 bits per heavy atom. The summed E-state index contributed by atoms with van der Waals surface area (Å²) in [6.07, 6.45) is 6.73. The molecule has 7 heteroatoms. The average molecular weight is 386 g/mol. The third-order valence-corrected chi connectivity index (χ3v) is 5.30. The molecule has 0 spiro atoms. The number of aromatic nitrogens is 2. The van der Waals surface area contributed by atoms with Crippen LogP contribution in [0.4, 0.5) is 4.39 Å². The van der Waals surface area contributed by atoms with Crippen LogP contribution in [0.5, 0.6) is 0 Å². The second kappa shape index (κ2) is 9.71. The maximum atomic E-state index is 13.9. The summed E-state index contributed by atoms with van der Waals surface area (Å²) < 4.78 is 13.9. The highest BCUT2D eigenvalue weighted by molar-refractivity contribution is 5.73. The van der Waals surface area contributed by atoms with Crippen molar-refractivity contribution in [2.75, 3.05) is 19.6 Å². The van der Waals surface area contributed by atoms with Crippen LogP contribution in [0.3, 0.4) is 0 Å². The molecule has 1 aliphatic rings. The highest BCUT2D eigenvalue weighted by Gasteiger charge is 2.26. The summed E-state index contributed by atoms with van der Waals surface area (Å²) in [5.41, 5.74) is 1.24. The zero-order chi connectivity index (χ0) is 19.9. The van der Waals surface area contributed by atoms with Crippen LogP contribution in [0.25, 0.3) is 0 Å². The van der Waals surface area contributed by atoms with Crippen LogP contribution in [0.2, 0.25) is 0 Å². The highest BCUT2D eigenvalue weighted by atomic mass is 19.1. The molecule has 1 saturated heterocycles. The predicted molar refractivity (Wildman–Crippen MR) is 104 cm³/mol. The van der Waals surface area contributed by atoms with Crippen LogP contribution in [0.15, 0.2) is 43.0 Å². The molecule has 0 saturated carbocycles. The molecule has 1 fully saturated rings. The van der Waals surface area contributed by atoms with Crippen molar-refractivity contribution in [1.29, 1.82) is 0 Å². The molecular weight excluding hydrogens is 359 g/mol. The summed E-state index contributed by atoms with van der Waals surface area (Å²) in [4.78, 5) is 24.3. The van der Waals surface area contributed by atoms with Gasteiger partial charge >= 0.3 is 0 Å². The van der Waals surface area contributed by atoms with Crippen molar-refractivity contribution in [2.24, 2.45) is 0 Å². The first-order valence-electron chi connectivity index (χ1n) is 9.70. The molecule has 2 heterocycles. The van der Waals surface area contributed by atoms with Gasteiger partial charge in [-0.1, -0.05) is 18.2 Å². The first-order chi connectivity index (χ1) is 13.5. The summed E-state index contributed by atoms with van der Waals surface area (Å²) in [6.45, 7) is 4.06. The van der Waals surface area contributed by atoms with Crippen molar-refractivity contribution in [3.63, 3.8) is 0 Å². The van der Waals surface area contributed by atoms with Gasteiger partial charge in [-0.2, -0.15) is 0 Å². The number of likely N-dealkylation sites (tertiary alicyclic amines) is 1. The topological polar surface area (TPSA) is 69.6 Å². The number of carbonyl (C=O) groups is 1. The maximum absolute atomic E-state index is 13.9. The molecule has 150 valence electrons. The molecule has 1 aliphatic heterocycles. The van der Waals surface area contributed by atoms with Gasteiger partial charge in [0.15, 0.2) is 0 Å². The molecule has 1 aromatic heterocycles. The molecule has 1 aromatic carbocycles. The van der Waals surface area contributed by atoms with E-state index < -0.39 is 6.10 Å². The molecule has 0 bridgehead atoms. The lowest BCUT2D eigenvalue weighted by molar-refractivity contribution is -0.132.